The normalized spacial score (nSPS) is 22.2. The Balaban J connectivity index is 2.08. The van der Waals surface area contributed by atoms with E-state index in [0.29, 0.717) is 24.9 Å². The predicted molar refractivity (Wildman–Crippen MR) is 65.4 cm³/mol. The Morgan fingerprint density at radius 2 is 2.16 bits per heavy atom. The molecule has 1 aromatic rings. The van der Waals surface area contributed by atoms with E-state index in [9.17, 15) is 19.3 Å². The van der Waals surface area contributed by atoms with Gasteiger partial charge in [-0.2, -0.15) is 0 Å². The van der Waals surface area contributed by atoms with Crippen molar-refractivity contribution in [3.05, 3.63) is 34.1 Å². The second kappa shape index (κ2) is 5.21. The molecule has 0 heterocycles. The molecule has 0 radical (unpaired) electrons. The van der Waals surface area contributed by atoms with E-state index in [0.717, 1.165) is 6.07 Å². The molecule has 0 bridgehead atoms. The summed E-state index contributed by atoms with van der Waals surface area (Å²) in [5.74, 6) is -1.93. The van der Waals surface area contributed by atoms with Crippen LogP contribution in [0.5, 0.6) is 0 Å². The van der Waals surface area contributed by atoms with Crippen molar-refractivity contribution in [1.82, 2.24) is 0 Å². The van der Waals surface area contributed by atoms with E-state index in [-0.39, 0.29) is 11.7 Å². The van der Waals surface area contributed by atoms with Crippen molar-refractivity contribution in [3.8, 4) is 0 Å². The molecular weight excluding hydrogens is 255 g/mol. The van der Waals surface area contributed by atoms with Crippen molar-refractivity contribution < 1.29 is 19.2 Å². The number of nitro groups is 1. The summed E-state index contributed by atoms with van der Waals surface area (Å²) in [6.45, 7) is 0. The van der Waals surface area contributed by atoms with Crippen LogP contribution in [0.25, 0.3) is 0 Å². The summed E-state index contributed by atoms with van der Waals surface area (Å²) in [6, 6.07) is 3.17. The summed E-state index contributed by atoms with van der Waals surface area (Å²) in [7, 11) is 0. The molecular formula is C12H13FN2O4. The first-order chi connectivity index (χ1) is 8.95. The van der Waals surface area contributed by atoms with Crippen molar-refractivity contribution in [2.75, 3.05) is 5.32 Å². The van der Waals surface area contributed by atoms with Crippen LogP contribution in [0.3, 0.4) is 0 Å². The Bertz CT molecular complexity index is 520. The van der Waals surface area contributed by atoms with Crippen LogP contribution in [-0.4, -0.2) is 22.0 Å². The van der Waals surface area contributed by atoms with Crippen LogP contribution in [-0.2, 0) is 4.79 Å². The number of nitrogens with one attached hydrogen (secondary N) is 1. The van der Waals surface area contributed by atoms with Gasteiger partial charge in [0.25, 0.3) is 5.69 Å². The number of nitrogens with zero attached hydrogens (tertiary/aromatic N) is 1. The zero-order valence-electron chi connectivity index (χ0n) is 10.0. The minimum absolute atomic E-state index is 0.0949. The highest BCUT2D eigenvalue weighted by atomic mass is 19.1. The Kier molecular flexibility index (Phi) is 3.64. The van der Waals surface area contributed by atoms with Gasteiger partial charge in [0.05, 0.1) is 16.9 Å². The Labute approximate surface area is 108 Å². The van der Waals surface area contributed by atoms with Crippen molar-refractivity contribution >= 4 is 17.3 Å². The van der Waals surface area contributed by atoms with Crippen LogP contribution < -0.4 is 5.32 Å². The van der Waals surface area contributed by atoms with Gasteiger partial charge in [0.15, 0.2) is 0 Å². The second-order valence-corrected chi connectivity index (χ2v) is 4.64. The molecule has 0 amide bonds. The third-order valence-corrected chi connectivity index (χ3v) is 3.25. The molecule has 0 aliphatic heterocycles. The van der Waals surface area contributed by atoms with E-state index in [1.807, 2.05) is 0 Å². The van der Waals surface area contributed by atoms with Gasteiger partial charge in [0, 0.05) is 17.8 Å². The van der Waals surface area contributed by atoms with Gasteiger partial charge >= 0.3 is 5.97 Å². The number of non-ortho nitro benzene ring substituents is 1. The third kappa shape index (κ3) is 3.18. The predicted octanol–water partition coefficient (Wildman–Crippen LogP) is 2.40. The van der Waals surface area contributed by atoms with E-state index < -0.39 is 22.6 Å². The maximum Gasteiger partial charge on any atom is 0.306 e. The first kappa shape index (κ1) is 13.3. The highest BCUT2D eigenvalue weighted by Gasteiger charge is 2.29. The molecule has 6 nitrogen and oxygen atoms in total. The average molecular weight is 268 g/mol. The molecule has 7 heteroatoms. The van der Waals surface area contributed by atoms with Crippen LogP contribution in [0.2, 0.25) is 0 Å². The van der Waals surface area contributed by atoms with Gasteiger partial charge in [-0.25, -0.2) is 4.39 Å². The fourth-order valence-electron chi connectivity index (χ4n) is 2.34. The standard InChI is InChI=1S/C12H13FN2O4/c13-8-4-10(6-11(5-8)15(18)19)14-9-2-1-7(3-9)12(16)17/h4-7,9,14H,1-3H2,(H,16,17)/t7-,9+/m1/s1. The highest BCUT2D eigenvalue weighted by molar-refractivity contribution is 5.70. The number of benzene rings is 1. The summed E-state index contributed by atoms with van der Waals surface area (Å²) < 4.78 is 13.2. The van der Waals surface area contributed by atoms with Gasteiger partial charge < -0.3 is 10.4 Å². The summed E-state index contributed by atoms with van der Waals surface area (Å²) in [5, 5.41) is 22.5. The molecule has 0 unspecified atom stereocenters. The molecule has 1 aliphatic rings. The summed E-state index contributed by atoms with van der Waals surface area (Å²) in [5.41, 5.74) is -0.0157. The number of carboxylic acids is 1. The van der Waals surface area contributed by atoms with Gasteiger partial charge in [-0.15, -0.1) is 0 Å². The fraction of sp³-hybridized carbons (Fsp3) is 0.417. The minimum Gasteiger partial charge on any atom is -0.481 e. The van der Waals surface area contributed by atoms with Crippen LogP contribution in [0, 0.1) is 21.8 Å². The quantitative estimate of drug-likeness (QED) is 0.646. The SMILES string of the molecule is O=C(O)[C@@H]1CC[C@H](Nc2cc(F)cc([N+](=O)[O-])c2)C1. The van der Waals surface area contributed by atoms with Gasteiger partial charge in [-0.05, 0) is 25.3 Å². The molecule has 0 saturated heterocycles. The number of halogens is 1. The first-order valence-corrected chi connectivity index (χ1v) is 5.90. The molecule has 1 aliphatic carbocycles. The number of aliphatic carboxylic acids is 1. The maximum atomic E-state index is 13.2. The molecule has 0 aromatic heterocycles. The monoisotopic (exact) mass is 268 g/mol. The van der Waals surface area contributed by atoms with E-state index in [1.54, 1.807) is 0 Å². The maximum absolute atomic E-state index is 13.2. The molecule has 2 rings (SSSR count). The van der Waals surface area contributed by atoms with Crippen LogP contribution in [0.4, 0.5) is 15.8 Å². The lowest BCUT2D eigenvalue weighted by Gasteiger charge is -2.13. The largest absolute Gasteiger partial charge is 0.481 e. The number of rotatable bonds is 4. The molecule has 1 saturated carbocycles. The van der Waals surface area contributed by atoms with Gasteiger partial charge in [-0.1, -0.05) is 0 Å². The minimum atomic E-state index is -0.838. The van der Waals surface area contributed by atoms with Crippen molar-refractivity contribution in [1.29, 1.82) is 0 Å². The number of hydrogen-bond acceptors (Lipinski definition) is 4. The van der Waals surface area contributed by atoms with E-state index in [2.05, 4.69) is 5.32 Å². The zero-order valence-corrected chi connectivity index (χ0v) is 10.0. The van der Waals surface area contributed by atoms with E-state index >= 15 is 0 Å². The second-order valence-electron chi connectivity index (χ2n) is 4.64. The third-order valence-electron chi connectivity index (χ3n) is 3.25. The zero-order chi connectivity index (χ0) is 14.0. The number of carbonyl (C=O) groups is 1. The molecule has 19 heavy (non-hydrogen) atoms. The van der Waals surface area contributed by atoms with Crippen molar-refractivity contribution in [2.24, 2.45) is 5.92 Å². The van der Waals surface area contributed by atoms with Crippen LogP contribution >= 0.6 is 0 Å². The first-order valence-electron chi connectivity index (χ1n) is 5.90. The molecule has 1 fully saturated rings. The summed E-state index contributed by atoms with van der Waals surface area (Å²) in [4.78, 5) is 20.8. The van der Waals surface area contributed by atoms with E-state index in [4.69, 9.17) is 5.11 Å². The summed E-state index contributed by atoms with van der Waals surface area (Å²) in [6.07, 6.45) is 1.66. The number of anilines is 1. The molecule has 102 valence electrons. The van der Waals surface area contributed by atoms with Gasteiger partial charge in [0.1, 0.15) is 5.82 Å². The summed E-state index contributed by atoms with van der Waals surface area (Å²) >= 11 is 0. The lowest BCUT2D eigenvalue weighted by molar-refractivity contribution is -0.385. The number of carboxylic acid groups (broad SMARTS) is 1. The Morgan fingerprint density at radius 1 is 1.42 bits per heavy atom. The molecule has 1 aromatic carbocycles. The molecule has 2 N–H and O–H groups in total. The van der Waals surface area contributed by atoms with Crippen molar-refractivity contribution in [2.45, 2.75) is 25.3 Å². The number of hydrogen-bond donors (Lipinski definition) is 2. The smallest absolute Gasteiger partial charge is 0.306 e. The molecule has 2 atom stereocenters. The number of nitro benzene ring substituents is 1. The fourth-order valence-corrected chi connectivity index (χ4v) is 2.34. The Morgan fingerprint density at radius 3 is 2.74 bits per heavy atom. The van der Waals surface area contributed by atoms with Gasteiger partial charge in [-0.3, -0.25) is 14.9 Å². The topological polar surface area (TPSA) is 92.5 Å². The van der Waals surface area contributed by atoms with Crippen molar-refractivity contribution in [3.63, 3.8) is 0 Å². The average Bonchev–Trinajstić information content (AvgIpc) is 2.76. The Hall–Kier alpha value is -2.18. The van der Waals surface area contributed by atoms with E-state index in [1.165, 1.54) is 12.1 Å². The lowest BCUT2D eigenvalue weighted by Crippen LogP contribution is -2.18. The lowest BCUT2D eigenvalue weighted by atomic mass is 10.1. The van der Waals surface area contributed by atoms with Crippen LogP contribution in [0.15, 0.2) is 18.2 Å². The van der Waals surface area contributed by atoms with Crippen LogP contribution in [0.1, 0.15) is 19.3 Å². The highest BCUT2D eigenvalue weighted by Crippen LogP contribution is 2.29. The molecule has 0 spiro atoms. The van der Waals surface area contributed by atoms with Gasteiger partial charge in [0.2, 0.25) is 0 Å².